The molecule has 19 heavy (non-hydrogen) atoms. The van der Waals surface area contributed by atoms with Crippen LogP contribution in [-0.2, 0) is 4.79 Å². The molecular weight excluding hydrogens is 238 g/mol. The Bertz CT molecular complexity index is 319. The maximum atomic E-state index is 12.4. The van der Waals surface area contributed by atoms with Crippen molar-refractivity contribution in [1.29, 1.82) is 0 Å². The van der Waals surface area contributed by atoms with Crippen LogP contribution in [0.3, 0.4) is 0 Å². The van der Waals surface area contributed by atoms with Gasteiger partial charge in [0.25, 0.3) is 0 Å². The highest BCUT2D eigenvalue weighted by Gasteiger charge is 2.34. The smallest absolute Gasteiger partial charge is 0.222 e. The Labute approximate surface area is 117 Å². The number of rotatable bonds is 3. The van der Waals surface area contributed by atoms with Crippen LogP contribution < -0.4 is 5.73 Å². The molecule has 0 radical (unpaired) electrons. The van der Waals surface area contributed by atoms with Gasteiger partial charge in [-0.1, -0.05) is 13.3 Å². The third-order valence-corrected chi connectivity index (χ3v) is 4.88. The number of hydrogen-bond acceptors (Lipinski definition) is 3. The van der Waals surface area contributed by atoms with Crippen molar-refractivity contribution in [2.24, 2.45) is 17.6 Å². The van der Waals surface area contributed by atoms with Gasteiger partial charge in [-0.3, -0.25) is 4.79 Å². The molecule has 1 aliphatic heterocycles. The Hall–Kier alpha value is -0.610. The van der Waals surface area contributed by atoms with Crippen molar-refractivity contribution in [2.75, 3.05) is 27.2 Å². The normalized spacial score (nSPS) is 35.9. The fraction of sp³-hybridized carbons (Fsp3) is 0.933. The monoisotopic (exact) mass is 267 g/mol. The molecule has 110 valence electrons. The van der Waals surface area contributed by atoms with Crippen LogP contribution in [0.15, 0.2) is 0 Å². The van der Waals surface area contributed by atoms with Crippen LogP contribution in [0.2, 0.25) is 0 Å². The van der Waals surface area contributed by atoms with E-state index in [9.17, 15) is 4.79 Å². The summed E-state index contributed by atoms with van der Waals surface area (Å²) in [5, 5.41) is 0. The van der Waals surface area contributed by atoms with E-state index in [2.05, 4.69) is 30.8 Å². The third kappa shape index (κ3) is 3.69. The molecule has 0 spiro atoms. The summed E-state index contributed by atoms with van der Waals surface area (Å²) in [6, 6.07) is 0.830. The first-order chi connectivity index (χ1) is 8.97. The zero-order valence-electron chi connectivity index (χ0n) is 12.6. The molecule has 1 saturated heterocycles. The average Bonchev–Trinajstić information content (AvgIpc) is 2.71. The molecule has 4 atom stereocenters. The van der Waals surface area contributed by atoms with Crippen molar-refractivity contribution in [3.8, 4) is 0 Å². The lowest BCUT2D eigenvalue weighted by Crippen LogP contribution is -2.37. The van der Waals surface area contributed by atoms with E-state index in [4.69, 9.17) is 5.73 Å². The summed E-state index contributed by atoms with van der Waals surface area (Å²) in [5.74, 6) is 1.44. The number of likely N-dealkylation sites (tertiary alicyclic amines) is 1. The van der Waals surface area contributed by atoms with Crippen LogP contribution in [0.5, 0.6) is 0 Å². The highest BCUT2D eigenvalue weighted by Crippen LogP contribution is 2.28. The first-order valence-corrected chi connectivity index (χ1v) is 7.67. The van der Waals surface area contributed by atoms with Gasteiger partial charge in [-0.15, -0.1) is 0 Å². The van der Waals surface area contributed by atoms with E-state index < -0.39 is 0 Å². The molecule has 1 saturated carbocycles. The third-order valence-electron chi connectivity index (χ3n) is 4.88. The molecule has 1 aliphatic carbocycles. The minimum Gasteiger partial charge on any atom is -0.341 e. The van der Waals surface area contributed by atoms with Crippen molar-refractivity contribution in [1.82, 2.24) is 9.80 Å². The summed E-state index contributed by atoms with van der Waals surface area (Å²) >= 11 is 0. The van der Waals surface area contributed by atoms with Gasteiger partial charge in [0.15, 0.2) is 0 Å². The van der Waals surface area contributed by atoms with E-state index in [1.54, 1.807) is 0 Å². The van der Waals surface area contributed by atoms with Crippen LogP contribution in [0.4, 0.5) is 0 Å². The van der Waals surface area contributed by atoms with Gasteiger partial charge in [-0.2, -0.15) is 0 Å². The van der Waals surface area contributed by atoms with Crippen LogP contribution in [0, 0.1) is 11.8 Å². The van der Waals surface area contributed by atoms with Gasteiger partial charge in [-0.05, 0) is 45.2 Å². The Balaban J connectivity index is 1.84. The maximum absolute atomic E-state index is 12.4. The molecule has 0 bridgehead atoms. The minimum atomic E-state index is 0.318. The summed E-state index contributed by atoms with van der Waals surface area (Å²) in [6.45, 7) is 4.06. The predicted molar refractivity (Wildman–Crippen MR) is 77.8 cm³/mol. The number of hydrogen-bond donors (Lipinski definition) is 1. The van der Waals surface area contributed by atoms with E-state index in [0.717, 1.165) is 25.9 Å². The van der Waals surface area contributed by atoms with Crippen LogP contribution in [0.1, 0.15) is 39.0 Å². The number of amides is 1. The van der Waals surface area contributed by atoms with Gasteiger partial charge in [0.2, 0.25) is 5.91 Å². The van der Waals surface area contributed by atoms with E-state index in [-0.39, 0.29) is 0 Å². The van der Waals surface area contributed by atoms with E-state index >= 15 is 0 Å². The highest BCUT2D eigenvalue weighted by molar-refractivity contribution is 5.76. The molecule has 4 heteroatoms. The molecule has 0 aromatic rings. The van der Waals surface area contributed by atoms with Crippen LogP contribution in [-0.4, -0.2) is 55.0 Å². The Morgan fingerprint density at radius 3 is 2.63 bits per heavy atom. The zero-order chi connectivity index (χ0) is 14.0. The molecule has 1 amide bonds. The minimum absolute atomic E-state index is 0.318. The van der Waals surface area contributed by atoms with Crippen molar-refractivity contribution in [3.63, 3.8) is 0 Å². The van der Waals surface area contributed by atoms with Crippen LogP contribution >= 0.6 is 0 Å². The van der Waals surface area contributed by atoms with Gasteiger partial charge in [0.05, 0.1) is 0 Å². The fourth-order valence-corrected chi connectivity index (χ4v) is 3.72. The molecule has 1 heterocycles. The number of nitrogens with two attached hydrogens (primary N) is 1. The molecule has 2 aliphatic rings. The zero-order valence-corrected chi connectivity index (χ0v) is 12.6. The van der Waals surface area contributed by atoms with E-state index in [0.29, 0.717) is 36.2 Å². The summed E-state index contributed by atoms with van der Waals surface area (Å²) < 4.78 is 0. The van der Waals surface area contributed by atoms with Crippen molar-refractivity contribution in [3.05, 3.63) is 0 Å². The molecule has 4 unspecified atom stereocenters. The second-order valence-corrected chi connectivity index (χ2v) is 6.80. The Morgan fingerprint density at radius 2 is 2.05 bits per heavy atom. The first-order valence-electron chi connectivity index (χ1n) is 7.67. The molecular formula is C15H29N3O. The molecule has 2 rings (SSSR count). The van der Waals surface area contributed by atoms with Crippen molar-refractivity contribution in [2.45, 2.75) is 51.1 Å². The fourth-order valence-electron chi connectivity index (χ4n) is 3.72. The molecule has 0 aromatic heterocycles. The summed E-state index contributed by atoms with van der Waals surface area (Å²) in [7, 11) is 4.21. The summed E-state index contributed by atoms with van der Waals surface area (Å²) in [6.07, 6.45) is 5.25. The number of nitrogens with zero attached hydrogens (tertiary/aromatic N) is 2. The van der Waals surface area contributed by atoms with Gasteiger partial charge >= 0.3 is 0 Å². The van der Waals surface area contributed by atoms with E-state index in [1.165, 1.54) is 12.8 Å². The van der Waals surface area contributed by atoms with Gasteiger partial charge < -0.3 is 15.5 Å². The largest absolute Gasteiger partial charge is 0.341 e. The summed E-state index contributed by atoms with van der Waals surface area (Å²) in [5.41, 5.74) is 6.01. The van der Waals surface area contributed by atoms with Gasteiger partial charge in [-0.25, -0.2) is 0 Å². The highest BCUT2D eigenvalue weighted by atomic mass is 16.2. The SMILES string of the molecule is CC1CN(C(=O)CC2CCCC(N)C2)CC1N(C)C. The first kappa shape index (κ1) is 14.8. The quantitative estimate of drug-likeness (QED) is 0.838. The van der Waals surface area contributed by atoms with Crippen LogP contribution in [0.25, 0.3) is 0 Å². The predicted octanol–water partition coefficient (Wildman–Crippen LogP) is 1.30. The molecule has 4 nitrogen and oxygen atoms in total. The molecule has 2 fully saturated rings. The summed E-state index contributed by atoms with van der Waals surface area (Å²) in [4.78, 5) is 16.7. The van der Waals surface area contributed by atoms with E-state index in [1.807, 2.05) is 0 Å². The second-order valence-electron chi connectivity index (χ2n) is 6.80. The van der Waals surface area contributed by atoms with Gasteiger partial charge in [0, 0.05) is 31.6 Å². The molecule has 0 aromatic carbocycles. The maximum Gasteiger partial charge on any atom is 0.222 e. The van der Waals surface area contributed by atoms with Crippen molar-refractivity contribution < 1.29 is 4.79 Å². The number of carbonyl (C=O) groups is 1. The average molecular weight is 267 g/mol. The Kier molecular flexibility index (Phi) is 4.85. The topological polar surface area (TPSA) is 49.6 Å². The lowest BCUT2D eigenvalue weighted by Gasteiger charge is -2.28. The molecule has 2 N–H and O–H groups in total. The second kappa shape index (κ2) is 6.23. The van der Waals surface area contributed by atoms with Gasteiger partial charge in [0.1, 0.15) is 0 Å². The lowest BCUT2D eigenvalue weighted by atomic mass is 9.84. The lowest BCUT2D eigenvalue weighted by molar-refractivity contribution is -0.131. The van der Waals surface area contributed by atoms with Crippen molar-refractivity contribution >= 4 is 5.91 Å². The number of likely N-dealkylation sites (N-methyl/N-ethyl adjacent to an activating group) is 1. The standard InChI is InChI=1S/C15H29N3O/c1-11-9-18(10-14(11)17(2)3)15(19)8-12-5-4-6-13(16)7-12/h11-14H,4-10,16H2,1-3H3. The Morgan fingerprint density at radius 1 is 1.32 bits per heavy atom. The number of carbonyl (C=O) groups excluding carboxylic acids is 1.